The number of hydrogen-bond donors (Lipinski definition) is 3. The lowest BCUT2D eigenvalue weighted by Crippen LogP contribution is -2.44. The minimum absolute atomic E-state index is 0.0584. The van der Waals surface area contributed by atoms with Crippen LogP contribution < -0.4 is 21.3 Å². The number of thioether (sulfide) groups is 1. The maximum atomic E-state index is 12.5. The van der Waals surface area contributed by atoms with Crippen LogP contribution in [0.4, 0.5) is 11.4 Å². The molecule has 4 amide bonds. The number of piperidine rings is 1. The Hall–Kier alpha value is -4.26. The Morgan fingerprint density at radius 2 is 2.00 bits per heavy atom. The van der Waals surface area contributed by atoms with Gasteiger partial charge in [0.15, 0.2) is 0 Å². The summed E-state index contributed by atoms with van der Waals surface area (Å²) in [7, 11) is 3.38. The second-order valence-electron chi connectivity index (χ2n) is 9.40. The van der Waals surface area contributed by atoms with E-state index in [0.29, 0.717) is 17.5 Å². The molecule has 4 N–H and O–H groups in total. The second-order valence-corrected chi connectivity index (χ2v) is 10.3. The van der Waals surface area contributed by atoms with E-state index in [1.165, 1.54) is 55.2 Å². The van der Waals surface area contributed by atoms with Crippen molar-refractivity contribution in [3.05, 3.63) is 48.0 Å². The number of nitrogens with one attached hydrogen (secondary N) is 2. The van der Waals surface area contributed by atoms with E-state index in [1.807, 2.05) is 37.4 Å². The van der Waals surface area contributed by atoms with Gasteiger partial charge in [-0.25, -0.2) is 0 Å². The van der Waals surface area contributed by atoms with E-state index in [2.05, 4.69) is 47.6 Å². The van der Waals surface area contributed by atoms with Crippen LogP contribution in [-0.4, -0.2) is 86.5 Å². The largest absolute Gasteiger partial charge is 0.385 e. The van der Waals surface area contributed by atoms with Crippen LogP contribution in [0.1, 0.15) is 33.1 Å². The lowest BCUT2D eigenvalue weighted by Gasteiger charge is -2.33. The first-order chi connectivity index (χ1) is 20.5. The standard InChI is InChI=1S/C17H27N3O.C13H15N3O2S.CH3NO/c1-4-18-15-9-7-10-16(12-15)19(3)17(21)13-20-11-6-5-8-14(20)2;1-5-7-15-12(17)11(9-14)6-8-16(3)13(18)10(2)19-4;2-1-3/h7,9-10,12,14,18H,4-6,8,11,13H2,1-3H3;1,6,8,11H,2,7H2,3-4H3,(H,15,17);1H,(H2,2,3). The monoisotopic (exact) mass is 611 g/mol. The first-order valence-corrected chi connectivity index (χ1v) is 15.0. The first-order valence-electron chi connectivity index (χ1n) is 13.8. The number of amides is 4. The number of carbonyl (C=O) groups excluding carboxylic acids is 4. The molecule has 1 aliphatic rings. The Kier molecular flexibility index (Phi) is 20.1. The molecular weight excluding hydrogens is 566 g/mol. The predicted octanol–water partition coefficient (Wildman–Crippen LogP) is 2.78. The predicted molar refractivity (Wildman–Crippen MR) is 175 cm³/mol. The lowest BCUT2D eigenvalue weighted by molar-refractivity contribution is -0.123. The van der Waals surface area contributed by atoms with Gasteiger partial charge in [0, 0.05) is 44.3 Å². The summed E-state index contributed by atoms with van der Waals surface area (Å²) in [5.41, 5.74) is 6.17. The smallest absolute Gasteiger partial charge is 0.263 e. The van der Waals surface area contributed by atoms with Crippen molar-refractivity contribution in [2.45, 2.75) is 39.2 Å². The number of primary amides is 1. The Balaban J connectivity index is 0.000000756. The third kappa shape index (κ3) is 15.0. The average Bonchev–Trinajstić information content (AvgIpc) is 3.01. The van der Waals surface area contributed by atoms with E-state index in [-0.39, 0.29) is 24.8 Å². The maximum absolute atomic E-state index is 12.5. The summed E-state index contributed by atoms with van der Waals surface area (Å²) in [5, 5.41) is 14.5. The summed E-state index contributed by atoms with van der Waals surface area (Å²) in [5.74, 6) is 0.622. The normalized spacial score (nSPS) is 14.6. The highest BCUT2D eigenvalue weighted by atomic mass is 32.2. The zero-order valence-corrected chi connectivity index (χ0v) is 26.7. The van der Waals surface area contributed by atoms with Gasteiger partial charge in [-0.2, -0.15) is 5.26 Å². The van der Waals surface area contributed by atoms with E-state index in [9.17, 15) is 14.4 Å². The van der Waals surface area contributed by atoms with Crippen molar-refractivity contribution >= 4 is 47.3 Å². The van der Waals surface area contributed by atoms with Crippen LogP contribution in [0, 0.1) is 29.6 Å². The minimum atomic E-state index is -0.994. The van der Waals surface area contributed by atoms with E-state index in [1.54, 1.807) is 11.2 Å². The fraction of sp³-hybridized carbons (Fsp3) is 0.452. The van der Waals surface area contributed by atoms with Gasteiger partial charge in [0.1, 0.15) is 5.92 Å². The molecule has 1 saturated heterocycles. The summed E-state index contributed by atoms with van der Waals surface area (Å²) in [6, 6.07) is 10.4. The minimum Gasteiger partial charge on any atom is -0.385 e. The Morgan fingerprint density at radius 1 is 1.33 bits per heavy atom. The Morgan fingerprint density at radius 3 is 2.56 bits per heavy atom. The molecule has 1 fully saturated rings. The molecule has 12 heteroatoms. The highest BCUT2D eigenvalue weighted by Crippen LogP contribution is 2.20. The summed E-state index contributed by atoms with van der Waals surface area (Å²) in [6.45, 7) is 10.4. The molecule has 1 heterocycles. The number of likely N-dealkylation sites (N-methyl/N-ethyl adjacent to an activating group) is 2. The van der Waals surface area contributed by atoms with Crippen LogP contribution >= 0.6 is 11.8 Å². The summed E-state index contributed by atoms with van der Waals surface area (Å²) >= 11 is 1.23. The van der Waals surface area contributed by atoms with Crippen LogP contribution in [0.25, 0.3) is 0 Å². The third-order valence-corrected chi connectivity index (χ3v) is 7.03. The fourth-order valence-electron chi connectivity index (χ4n) is 3.85. The van der Waals surface area contributed by atoms with Gasteiger partial charge in [-0.05, 0) is 63.8 Å². The molecule has 2 rings (SSSR count). The van der Waals surface area contributed by atoms with Crippen molar-refractivity contribution in [2.24, 2.45) is 11.7 Å². The topological polar surface area (TPSA) is 152 Å². The zero-order chi connectivity index (χ0) is 32.8. The highest BCUT2D eigenvalue weighted by Gasteiger charge is 2.22. The number of hydrogen-bond acceptors (Lipinski definition) is 8. The third-order valence-electron chi connectivity index (χ3n) is 6.36. The molecule has 43 heavy (non-hydrogen) atoms. The van der Waals surface area contributed by atoms with E-state index in [0.717, 1.165) is 24.5 Å². The molecule has 234 valence electrons. The van der Waals surface area contributed by atoms with Gasteiger partial charge in [-0.3, -0.25) is 24.1 Å². The van der Waals surface area contributed by atoms with Gasteiger partial charge in [0.2, 0.25) is 18.2 Å². The zero-order valence-electron chi connectivity index (χ0n) is 25.8. The van der Waals surface area contributed by atoms with Crippen molar-refractivity contribution in [3.8, 4) is 18.4 Å². The van der Waals surface area contributed by atoms with Crippen molar-refractivity contribution in [1.29, 1.82) is 5.26 Å². The Labute approximate surface area is 260 Å². The van der Waals surface area contributed by atoms with Crippen LogP contribution in [0.15, 0.2) is 48.0 Å². The number of nitrogens with zero attached hydrogens (tertiary/aromatic N) is 4. The molecule has 1 aromatic rings. The van der Waals surface area contributed by atoms with Gasteiger partial charge in [0.25, 0.3) is 5.91 Å². The molecule has 2 unspecified atom stereocenters. The molecule has 2 atom stereocenters. The first kappa shape index (κ1) is 38.7. The van der Waals surface area contributed by atoms with Gasteiger partial charge in [-0.15, -0.1) is 18.2 Å². The van der Waals surface area contributed by atoms with Crippen LogP contribution in [0.2, 0.25) is 0 Å². The van der Waals surface area contributed by atoms with Gasteiger partial charge >= 0.3 is 0 Å². The molecule has 0 saturated carbocycles. The molecule has 11 nitrogen and oxygen atoms in total. The number of likely N-dealkylation sites (tertiary alicyclic amines) is 1. The van der Waals surface area contributed by atoms with Gasteiger partial charge in [-0.1, -0.05) is 25.0 Å². The van der Waals surface area contributed by atoms with Gasteiger partial charge < -0.3 is 26.2 Å². The Bertz CT molecular complexity index is 1180. The number of carbonyl (C=O) groups is 4. The van der Waals surface area contributed by atoms with Crippen molar-refractivity contribution < 1.29 is 19.2 Å². The number of nitriles is 1. The van der Waals surface area contributed by atoms with Crippen LogP contribution in [0.3, 0.4) is 0 Å². The molecule has 1 aromatic carbocycles. The van der Waals surface area contributed by atoms with Crippen molar-refractivity contribution in [1.82, 2.24) is 15.1 Å². The fourth-order valence-corrected chi connectivity index (χ4v) is 4.17. The number of anilines is 2. The van der Waals surface area contributed by atoms with Crippen molar-refractivity contribution in [3.63, 3.8) is 0 Å². The van der Waals surface area contributed by atoms with Crippen molar-refractivity contribution in [2.75, 3.05) is 56.7 Å². The second kappa shape index (κ2) is 22.4. The number of nitrogens with two attached hydrogens (primary N) is 1. The molecule has 1 aliphatic heterocycles. The number of rotatable bonds is 11. The molecular formula is C31H45N7O4S. The van der Waals surface area contributed by atoms with Crippen LogP contribution in [-0.2, 0) is 19.2 Å². The molecule has 0 radical (unpaired) electrons. The average molecular weight is 612 g/mol. The van der Waals surface area contributed by atoms with E-state index in [4.69, 9.17) is 16.5 Å². The number of benzene rings is 1. The van der Waals surface area contributed by atoms with Gasteiger partial charge in [0.05, 0.1) is 24.1 Å². The highest BCUT2D eigenvalue weighted by molar-refractivity contribution is 8.03. The molecule has 0 aromatic heterocycles. The quantitative estimate of drug-likeness (QED) is 0.196. The van der Waals surface area contributed by atoms with E-state index >= 15 is 0 Å². The maximum Gasteiger partial charge on any atom is 0.263 e. The molecule has 0 bridgehead atoms. The molecule has 0 spiro atoms. The van der Waals surface area contributed by atoms with Crippen LogP contribution in [0.5, 0.6) is 0 Å². The number of terminal acetylenes is 1. The SMILES string of the molecule is C#CCNC(=O)C(C#N)C=CN(C)C(=O)C(=C)SC.CCNc1cccc(N(C)C(=O)CN2CCCCC2C)c1.NC=O. The summed E-state index contributed by atoms with van der Waals surface area (Å²) < 4.78 is 0. The summed E-state index contributed by atoms with van der Waals surface area (Å²) in [4.78, 5) is 49.9. The van der Waals surface area contributed by atoms with E-state index < -0.39 is 11.8 Å². The summed E-state index contributed by atoms with van der Waals surface area (Å²) in [6.07, 6.45) is 13.4. The molecule has 0 aliphatic carbocycles. The lowest BCUT2D eigenvalue weighted by atomic mass is 10.0.